The largest absolute Gasteiger partial charge is 0.373 e. The first-order valence-corrected chi connectivity index (χ1v) is 11.5. The molecule has 7 heteroatoms. The third-order valence-electron chi connectivity index (χ3n) is 6.44. The zero-order valence-corrected chi connectivity index (χ0v) is 20.6. The van der Waals surface area contributed by atoms with Gasteiger partial charge in [0.1, 0.15) is 0 Å². The number of likely N-dealkylation sites (tertiary alicyclic amines) is 1. The maximum absolute atomic E-state index is 6.07. The fourth-order valence-corrected chi connectivity index (χ4v) is 4.78. The molecule has 1 aromatic carbocycles. The number of hydrogen-bond donors (Lipinski definition) is 2. The van der Waals surface area contributed by atoms with Crippen LogP contribution in [0.1, 0.15) is 38.2 Å². The lowest BCUT2D eigenvalue weighted by Crippen LogP contribution is -2.50. The number of hydrogen-bond acceptors (Lipinski definition) is 4. The average Bonchev–Trinajstić information content (AvgIpc) is 3.22. The van der Waals surface area contributed by atoms with Crippen molar-refractivity contribution in [2.45, 2.75) is 57.3 Å². The van der Waals surface area contributed by atoms with Gasteiger partial charge in [-0.25, -0.2) is 0 Å². The number of morpholine rings is 1. The number of benzene rings is 1. The van der Waals surface area contributed by atoms with Crippen molar-refractivity contribution in [2.24, 2.45) is 4.99 Å². The summed E-state index contributed by atoms with van der Waals surface area (Å²) in [6.45, 7) is 10.2. The molecule has 3 fully saturated rings. The molecule has 168 valence electrons. The minimum Gasteiger partial charge on any atom is -0.373 e. The number of halogens is 1. The van der Waals surface area contributed by atoms with E-state index in [1.54, 1.807) is 0 Å². The topological polar surface area (TPSA) is 52.1 Å². The van der Waals surface area contributed by atoms with Crippen molar-refractivity contribution < 1.29 is 4.74 Å². The predicted octanol–water partition coefficient (Wildman–Crippen LogP) is 2.69. The van der Waals surface area contributed by atoms with Crippen LogP contribution in [0.2, 0.25) is 0 Å². The molecule has 0 aromatic heterocycles. The van der Waals surface area contributed by atoms with Gasteiger partial charge in [0, 0.05) is 44.8 Å². The number of rotatable bonds is 6. The Labute approximate surface area is 198 Å². The van der Waals surface area contributed by atoms with Crippen LogP contribution in [-0.2, 0) is 11.3 Å². The van der Waals surface area contributed by atoms with Crippen LogP contribution in [0.3, 0.4) is 0 Å². The fourth-order valence-electron chi connectivity index (χ4n) is 4.78. The smallest absolute Gasteiger partial charge is 0.191 e. The van der Waals surface area contributed by atoms with E-state index >= 15 is 0 Å². The molecule has 2 N–H and O–H groups in total. The van der Waals surface area contributed by atoms with Gasteiger partial charge in [-0.05, 0) is 44.7 Å². The second-order valence-corrected chi connectivity index (χ2v) is 8.65. The van der Waals surface area contributed by atoms with Gasteiger partial charge in [-0.1, -0.05) is 30.3 Å². The highest BCUT2D eigenvalue weighted by Crippen LogP contribution is 2.22. The Bertz CT molecular complexity index is 650. The number of piperidine rings is 1. The van der Waals surface area contributed by atoms with Gasteiger partial charge in [-0.15, -0.1) is 24.0 Å². The first-order valence-electron chi connectivity index (χ1n) is 11.5. The summed E-state index contributed by atoms with van der Waals surface area (Å²) in [5.74, 6) is 0.946. The molecule has 0 bridgehead atoms. The third-order valence-corrected chi connectivity index (χ3v) is 6.44. The highest BCUT2D eigenvalue weighted by atomic mass is 127. The summed E-state index contributed by atoms with van der Waals surface area (Å²) in [6.07, 6.45) is 5.16. The second kappa shape index (κ2) is 12.2. The molecule has 6 nitrogen and oxygen atoms in total. The van der Waals surface area contributed by atoms with Crippen molar-refractivity contribution in [1.29, 1.82) is 0 Å². The van der Waals surface area contributed by atoms with E-state index in [1.165, 1.54) is 24.9 Å². The molecular weight excluding hydrogens is 489 g/mol. The quantitative estimate of drug-likeness (QED) is 0.339. The molecule has 0 saturated carbocycles. The molecule has 0 aliphatic carbocycles. The summed E-state index contributed by atoms with van der Waals surface area (Å²) in [5, 5.41) is 7.09. The molecule has 0 spiro atoms. The highest BCUT2D eigenvalue weighted by Gasteiger charge is 2.32. The first-order chi connectivity index (χ1) is 14.3. The lowest BCUT2D eigenvalue weighted by Gasteiger charge is -2.35. The van der Waals surface area contributed by atoms with Gasteiger partial charge < -0.3 is 15.4 Å². The van der Waals surface area contributed by atoms with Gasteiger partial charge in [-0.3, -0.25) is 14.8 Å². The normalized spacial score (nSPS) is 26.1. The maximum atomic E-state index is 6.07. The van der Waals surface area contributed by atoms with Crippen LogP contribution < -0.4 is 10.6 Å². The maximum Gasteiger partial charge on any atom is 0.191 e. The summed E-state index contributed by atoms with van der Waals surface area (Å²) in [7, 11) is 0. The lowest BCUT2D eigenvalue weighted by molar-refractivity contribution is -0.0432. The Morgan fingerprint density at radius 3 is 2.70 bits per heavy atom. The van der Waals surface area contributed by atoms with Crippen LogP contribution in [0, 0.1) is 0 Å². The van der Waals surface area contributed by atoms with Crippen molar-refractivity contribution >= 4 is 29.9 Å². The molecule has 3 saturated heterocycles. The van der Waals surface area contributed by atoms with Crippen LogP contribution in [0.15, 0.2) is 35.3 Å². The monoisotopic (exact) mass is 527 g/mol. The van der Waals surface area contributed by atoms with Gasteiger partial charge in [0.2, 0.25) is 0 Å². The molecule has 2 atom stereocenters. The van der Waals surface area contributed by atoms with Crippen LogP contribution in [-0.4, -0.2) is 79.8 Å². The number of nitrogens with one attached hydrogen (secondary N) is 2. The molecule has 30 heavy (non-hydrogen) atoms. The van der Waals surface area contributed by atoms with E-state index in [-0.39, 0.29) is 30.1 Å². The summed E-state index contributed by atoms with van der Waals surface area (Å²) < 4.78 is 6.07. The van der Waals surface area contributed by atoms with E-state index in [4.69, 9.17) is 9.73 Å². The predicted molar refractivity (Wildman–Crippen MR) is 134 cm³/mol. The van der Waals surface area contributed by atoms with Gasteiger partial charge in [0.05, 0.1) is 19.3 Å². The first kappa shape index (κ1) is 23.8. The summed E-state index contributed by atoms with van der Waals surface area (Å²) in [5.41, 5.74) is 1.40. The van der Waals surface area contributed by atoms with Crippen molar-refractivity contribution in [3.8, 4) is 0 Å². The van der Waals surface area contributed by atoms with Gasteiger partial charge in [0.15, 0.2) is 5.96 Å². The number of ether oxygens (including phenoxy) is 1. The molecule has 3 aliphatic heterocycles. The van der Waals surface area contributed by atoms with E-state index in [1.807, 2.05) is 0 Å². The number of nitrogens with zero attached hydrogens (tertiary/aromatic N) is 3. The molecular formula is C23H38IN5O. The van der Waals surface area contributed by atoms with Crippen molar-refractivity contribution in [2.75, 3.05) is 45.9 Å². The number of fused-ring (bicyclic) bond motifs is 1. The average molecular weight is 527 g/mol. The van der Waals surface area contributed by atoms with Gasteiger partial charge in [-0.2, -0.15) is 0 Å². The van der Waals surface area contributed by atoms with E-state index in [2.05, 4.69) is 57.7 Å². The second-order valence-electron chi connectivity index (χ2n) is 8.65. The summed E-state index contributed by atoms with van der Waals surface area (Å²) in [6, 6.07) is 11.9. The molecule has 2 unspecified atom stereocenters. The minimum absolute atomic E-state index is 0. The van der Waals surface area contributed by atoms with E-state index in [9.17, 15) is 0 Å². The van der Waals surface area contributed by atoms with Crippen molar-refractivity contribution in [3.05, 3.63) is 35.9 Å². The Morgan fingerprint density at radius 1 is 1.13 bits per heavy atom. The SMILES string of the molecule is CCNC(=NCC1CN2CCCC2CO1)NC1CCN(Cc2ccccc2)CC1.I. The Morgan fingerprint density at radius 2 is 1.93 bits per heavy atom. The molecule has 4 rings (SSSR count). The molecule has 0 amide bonds. The highest BCUT2D eigenvalue weighted by molar-refractivity contribution is 14.0. The molecule has 1 aromatic rings. The zero-order valence-electron chi connectivity index (χ0n) is 18.3. The number of guanidine groups is 1. The van der Waals surface area contributed by atoms with E-state index in [0.717, 1.165) is 64.7 Å². The van der Waals surface area contributed by atoms with Crippen LogP contribution >= 0.6 is 24.0 Å². The molecule has 3 heterocycles. The fraction of sp³-hybridized carbons (Fsp3) is 0.696. The Hall–Kier alpha value is -0.900. The standard InChI is InChI=1S/C23H37N5O.HI/c1-2-24-23(25-15-22-17-28-12-6-9-21(28)18-29-22)26-20-10-13-27(14-11-20)16-19-7-4-3-5-8-19;/h3-5,7-8,20-22H,2,6,9-18H2,1H3,(H2,24,25,26);1H. The van der Waals surface area contributed by atoms with Crippen molar-refractivity contribution in [3.63, 3.8) is 0 Å². The summed E-state index contributed by atoms with van der Waals surface area (Å²) in [4.78, 5) is 10.0. The lowest BCUT2D eigenvalue weighted by atomic mass is 10.0. The van der Waals surface area contributed by atoms with Crippen LogP contribution in [0.4, 0.5) is 0 Å². The van der Waals surface area contributed by atoms with Crippen LogP contribution in [0.25, 0.3) is 0 Å². The van der Waals surface area contributed by atoms with Gasteiger partial charge >= 0.3 is 0 Å². The van der Waals surface area contributed by atoms with Crippen molar-refractivity contribution in [1.82, 2.24) is 20.4 Å². The summed E-state index contributed by atoms with van der Waals surface area (Å²) >= 11 is 0. The molecule has 0 radical (unpaired) electrons. The third kappa shape index (κ3) is 6.80. The van der Waals surface area contributed by atoms with Gasteiger partial charge in [0.25, 0.3) is 0 Å². The minimum atomic E-state index is 0. The molecule has 3 aliphatic rings. The Kier molecular flexibility index (Phi) is 9.67. The number of aliphatic imine (C=N–C) groups is 1. The van der Waals surface area contributed by atoms with Crippen LogP contribution in [0.5, 0.6) is 0 Å². The van der Waals surface area contributed by atoms with E-state index < -0.39 is 0 Å². The van der Waals surface area contributed by atoms with E-state index in [0.29, 0.717) is 12.1 Å². The zero-order chi connectivity index (χ0) is 19.9. The Balaban J connectivity index is 0.00000256.